The maximum absolute atomic E-state index is 11.6. The van der Waals surface area contributed by atoms with Crippen LogP contribution >= 0.6 is 0 Å². The Bertz CT molecular complexity index is 392. The van der Waals surface area contributed by atoms with Crippen molar-refractivity contribution in [1.82, 2.24) is 5.32 Å². The van der Waals surface area contributed by atoms with Crippen molar-refractivity contribution in [1.29, 1.82) is 0 Å². The van der Waals surface area contributed by atoms with Gasteiger partial charge < -0.3 is 15.0 Å². The molecule has 18 heavy (non-hydrogen) atoms. The van der Waals surface area contributed by atoms with Crippen molar-refractivity contribution in [3.63, 3.8) is 0 Å². The highest BCUT2D eigenvalue weighted by molar-refractivity contribution is 5.81. The summed E-state index contributed by atoms with van der Waals surface area (Å²) in [5, 5.41) is 2.67. The van der Waals surface area contributed by atoms with Gasteiger partial charge in [0.1, 0.15) is 0 Å². The number of hydrogen-bond donors (Lipinski definition) is 1. The van der Waals surface area contributed by atoms with E-state index in [0.29, 0.717) is 6.54 Å². The van der Waals surface area contributed by atoms with Crippen LogP contribution in [0.3, 0.4) is 0 Å². The normalized spacial score (nSPS) is 9.67. The second-order valence-electron chi connectivity index (χ2n) is 3.87. The summed E-state index contributed by atoms with van der Waals surface area (Å²) in [5.74, 6) is -0.447. The highest BCUT2D eigenvalue weighted by Crippen LogP contribution is 2.09. The lowest BCUT2D eigenvalue weighted by atomic mass is 10.3. The number of likely N-dealkylation sites (N-methyl/N-ethyl adjacent to an activating group) is 1. The number of carbonyl (C=O) groups excluding carboxylic acids is 2. The monoisotopic (exact) mass is 250 g/mol. The average Bonchev–Trinajstić information content (AvgIpc) is 2.39. The van der Waals surface area contributed by atoms with Gasteiger partial charge in [-0.05, 0) is 12.1 Å². The number of anilines is 1. The molecule has 1 aromatic rings. The number of carbonyl (C=O) groups is 2. The molecule has 1 N–H and O–H groups in total. The van der Waals surface area contributed by atoms with Crippen molar-refractivity contribution in [2.75, 3.05) is 32.1 Å². The van der Waals surface area contributed by atoms with Crippen molar-refractivity contribution >= 4 is 17.6 Å². The first kappa shape index (κ1) is 14.0. The summed E-state index contributed by atoms with van der Waals surface area (Å²) in [6.07, 6.45) is 0.192. The van der Waals surface area contributed by atoms with E-state index in [-0.39, 0.29) is 24.8 Å². The van der Waals surface area contributed by atoms with Gasteiger partial charge in [0.15, 0.2) is 0 Å². The standard InChI is InChI=1S/C13H18N2O3/c1-15(11-6-4-3-5-7-11)10-12(16)14-9-8-13(17)18-2/h3-7H,8-10H2,1-2H3,(H,14,16). The summed E-state index contributed by atoms with van der Waals surface area (Å²) in [4.78, 5) is 24.3. The van der Waals surface area contributed by atoms with Gasteiger partial charge in [0, 0.05) is 19.3 Å². The SMILES string of the molecule is COC(=O)CCNC(=O)CN(C)c1ccccc1. The van der Waals surface area contributed by atoms with E-state index in [1.807, 2.05) is 42.3 Å². The number of nitrogens with one attached hydrogen (secondary N) is 1. The van der Waals surface area contributed by atoms with Gasteiger partial charge in [0.2, 0.25) is 5.91 Å². The van der Waals surface area contributed by atoms with Crippen molar-refractivity contribution in [3.8, 4) is 0 Å². The number of hydrogen-bond acceptors (Lipinski definition) is 4. The van der Waals surface area contributed by atoms with E-state index in [1.54, 1.807) is 0 Å². The maximum Gasteiger partial charge on any atom is 0.307 e. The van der Waals surface area contributed by atoms with E-state index < -0.39 is 0 Å². The summed E-state index contributed by atoms with van der Waals surface area (Å²) in [5.41, 5.74) is 0.973. The van der Waals surface area contributed by atoms with Gasteiger partial charge in [-0.3, -0.25) is 9.59 Å². The highest BCUT2D eigenvalue weighted by atomic mass is 16.5. The Morgan fingerprint density at radius 3 is 2.56 bits per heavy atom. The fourth-order valence-electron chi connectivity index (χ4n) is 1.45. The molecule has 0 spiro atoms. The van der Waals surface area contributed by atoms with Crippen LogP contribution in [0.4, 0.5) is 5.69 Å². The first-order chi connectivity index (χ1) is 8.63. The van der Waals surface area contributed by atoms with Gasteiger partial charge in [0.05, 0.1) is 20.1 Å². The molecule has 0 aromatic heterocycles. The van der Waals surface area contributed by atoms with E-state index in [1.165, 1.54) is 7.11 Å². The fraction of sp³-hybridized carbons (Fsp3) is 0.385. The highest BCUT2D eigenvalue weighted by Gasteiger charge is 2.07. The summed E-state index contributed by atoms with van der Waals surface area (Å²) in [6.45, 7) is 0.555. The lowest BCUT2D eigenvalue weighted by Crippen LogP contribution is -2.36. The van der Waals surface area contributed by atoms with Gasteiger partial charge in [0.25, 0.3) is 0 Å². The fourth-order valence-corrected chi connectivity index (χ4v) is 1.45. The molecular formula is C13H18N2O3. The summed E-state index contributed by atoms with van der Waals surface area (Å²) >= 11 is 0. The van der Waals surface area contributed by atoms with E-state index in [2.05, 4.69) is 10.1 Å². The first-order valence-corrected chi connectivity index (χ1v) is 5.73. The van der Waals surface area contributed by atoms with Gasteiger partial charge in [-0.1, -0.05) is 18.2 Å². The van der Waals surface area contributed by atoms with Crippen LogP contribution in [-0.2, 0) is 14.3 Å². The largest absolute Gasteiger partial charge is 0.469 e. The summed E-state index contributed by atoms with van der Waals surface area (Å²) in [6, 6.07) is 9.62. The predicted octanol–water partition coefficient (Wildman–Crippen LogP) is 0.802. The number of esters is 1. The van der Waals surface area contributed by atoms with Gasteiger partial charge in [-0.25, -0.2) is 0 Å². The minimum absolute atomic E-state index is 0.120. The molecule has 1 rings (SSSR count). The Balaban J connectivity index is 2.30. The third kappa shape index (κ3) is 4.86. The quantitative estimate of drug-likeness (QED) is 0.759. The van der Waals surface area contributed by atoms with Gasteiger partial charge in [-0.2, -0.15) is 0 Å². The Morgan fingerprint density at radius 1 is 1.28 bits per heavy atom. The third-order valence-electron chi connectivity index (χ3n) is 2.46. The van der Waals surface area contributed by atoms with E-state index >= 15 is 0 Å². The average molecular weight is 250 g/mol. The smallest absolute Gasteiger partial charge is 0.307 e. The molecule has 0 aliphatic heterocycles. The molecule has 5 nitrogen and oxygen atoms in total. The molecule has 98 valence electrons. The molecular weight excluding hydrogens is 232 g/mol. The predicted molar refractivity (Wildman–Crippen MR) is 69.4 cm³/mol. The number of amides is 1. The second kappa shape index (κ2) is 7.32. The van der Waals surface area contributed by atoms with Crippen LogP contribution in [0.2, 0.25) is 0 Å². The van der Waals surface area contributed by atoms with E-state index in [0.717, 1.165) is 5.69 Å². The zero-order valence-corrected chi connectivity index (χ0v) is 10.7. The van der Waals surface area contributed by atoms with Crippen molar-refractivity contribution in [2.45, 2.75) is 6.42 Å². The Kier molecular flexibility index (Phi) is 5.70. The van der Waals surface area contributed by atoms with E-state index in [9.17, 15) is 9.59 Å². The minimum Gasteiger partial charge on any atom is -0.469 e. The molecule has 0 atom stereocenters. The molecule has 0 aliphatic rings. The molecule has 0 radical (unpaired) electrons. The number of para-hydroxylation sites is 1. The molecule has 0 saturated heterocycles. The molecule has 1 amide bonds. The summed E-state index contributed by atoms with van der Waals surface area (Å²) < 4.78 is 4.48. The first-order valence-electron chi connectivity index (χ1n) is 5.73. The topological polar surface area (TPSA) is 58.6 Å². The molecule has 5 heteroatoms. The van der Waals surface area contributed by atoms with Crippen molar-refractivity contribution < 1.29 is 14.3 Å². The zero-order valence-electron chi connectivity index (χ0n) is 10.7. The third-order valence-corrected chi connectivity index (χ3v) is 2.46. The number of ether oxygens (including phenoxy) is 1. The molecule has 1 aromatic carbocycles. The second-order valence-corrected chi connectivity index (χ2v) is 3.87. The van der Waals surface area contributed by atoms with Crippen LogP contribution in [0.1, 0.15) is 6.42 Å². The molecule has 0 saturated carbocycles. The van der Waals surface area contributed by atoms with Crippen molar-refractivity contribution in [3.05, 3.63) is 30.3 Å². The minimum atomic E-state index is -0.327. The van der Waals surface area contributed by atoms with E-state index in [4.69, 9.17) is 0 Å². The lowest BCUT2D eigenvalue weighted by molar-refractivity contribution is -0.140. The van der Waals surface area contributed by atoms with Crippen LogP contribution in [0.5, 0.6) is 0 Å². The number of methoxy groups -OCH3 is 1. The molecule has 0 fully saturated rings. The Hall–Kier alpha value is -2.04. The molecule has 0 heterocycles. The van der Waals surface area contributed by atoms with Crippen LogP contribution in [0.15, 0.2) is 30.3 Å². The number of nitrogens with zero attached hydrogens (tertiary/aromatic N) is 1. The molecule has 0 bridgehead atoms. The van der Waals surface area contributed by atoms with Crippen LogP contribution in [-0.4, -0.2) is 39.1 Å². The van der Waals surface area contributed by atoms with Gasteiger partial charge >= 0.3 is 5.97 Å². The Morgan fingerprint density at radius 2 is 1.94 bits per heavy atom. The van der Waals surface area contributed by atoms with Crippen LogP contribution < -0.4 is 10.2 Å². The molecule has 0 unspecified atom stereocenters. The summed E-state index contributed by atoms with van der Waals surface area (Å²) in [7, 11) is 3.17. The maximum atomic E-state index is 11.6. The zero-order chi connectivity index (χ0) is 13.4. The van der Waals surface area contributed by atoms with Crippen molar-refractivity contribution in [2.24, 2.45) is 0 Å². The van der Waals surface area contributed by atoms with Crippen LogP contribution in [0, 0.1) is 0 Å². The number of benzene rings is 1. The van der Waals surface area contributed by atoms with Gasteiger partial charge in [-0.15, -0.1) is 0 Å². The van der Waals surface area contributed by atoms with Crippen LogP contribution in [0.25, 0.3) is 0 Å². The lowest BCUT2D eigenvalue weighted by Gasteiger charge is -2.18. The number of rotatable bonds is 6. The molecule has 0 aliphatic carbocycles. The Labute approximate surface area is 107 Å².